The number of aryl methyl sites for hydroxylation is 1. The first-order valence-corrected chi connectivity index (χ1v) is 7.22. The summed E-state index contributed by atoms with van der Waals surface area (Å²) in [5.41, 5.74) is 2.84. The Balaban J connectivity index is 2.00. The molecule has 0 unspecified atom stereocenters. The molecule has 2 aromatic carbocycles. The average Bonchev–Trinajstić information content (AvgIpc) is 2.54. The zero-order chi connectivity index (χ0) is 16.8. The normalized spacial score (nSPS) is 10.2. The number of carbonyl (C=O) groups excluding carboxylic acids is 1. The standard InChI is InChI=1S/C18H19NO4/c1-12-5-3-4-6-14(12)10-17(20)19-11-13-7-8-16(23-2)15(9-13)18(21)22/h3-9H,10-11H2,1-2H3,(H,19,20)(H,21,22). The van der Waals surface area contributed by atoms with Crippen molar-refractivity contribution in [3.8, 4) is 5.75 Å². The van der Waals surface area contributed by atoms with Crippen LogP contribution in [0.25, 0.3) is 0 Å². The van der Waals surface area contributed by atoms with Gasteiger partial charge in [-0.3, -0.25) is 4.79 Å². The van der Waals surface area contributed by atoms with Crippen LogP contribution in [0.3, 0.4) is 0 Å². The van der Waals surface area contributed by atoms with Crippen molar-refractivity contribution in [2.24, 2.45) is 0 Å². The summed E-state index contributed by atoms with van der Waals surface area (Å²) in [7, 11) is 1.42. The van der Waals surface area contributed by atoms with Crippen LogP contribution in [0.1, 0.15) is 27.0 Å². The Kier molecular flexibility index (Phi) is 5.36. The summed E-state index contributed by atoms with van der Waals surface area (Å²) >= 11 is 0. The second-order valence-electron chi connectivity index (χ2n) is 5.22. The van der Waals surface area contributed by atoms with E-state index in [1.165, 1.54) is 13.2 Å². The molecular formula is C18H19NO4. The van der Waals surface area contributed by atoms with E-state index >= 15 is 0 Å². The molecule has 0 aliphatic carbocycles. The second kappa shape index (κ2) is 7.45. The molecule has 0 saturated carbocycles. The lowest BCUT2D eigenvalue weighted by atomic mass is 10.1. The first-order chi connectivity index (χ1) is 11.0. The van der Waals surface area contributed by atoms with Crippen molar-refractivity contribution in [3.63, 3.8) is 0 Å². The fraction of sp³-hybridized carbons (Fsp3) is 0.222. The molecule has 23 heavy (non-hydrogen) atoms. The molecule has 1 amide bonds. The highest BCUT2D eigenvalue weighted by Crippen LogP contribution is 2.19. The van der Waals surface area contributed by atoms with Crippen LogP contribution in [0.5, 0.6) is 5.75 Å². The predicted octanol–water partition coefficient (Wildman–Crippen LogP) is 2.56. The molecule has 0 fully saturated rings. The minimum Gasteiger partial charge on any atom is -0.496 e. The topological polar surface area (TPSA) is 75.6 Å². The van der Waals surface area contributed by atoms with Gasteiger partial charge in [0.15, 0.2) is 0 Å². The minimum absolute atomic E-state index is 0.0816. The maximum Gasteiger partial charge on any atom is 0.339 e. The first-order valence-electron chi connectivity index (χ1n) is 7.22. The Labute approximate surface area is 134 Å². The van der Waals surface area contributed by atoms with E-state index in [9.17, 15) is 9.59 Å². The Hall–Kier alpha value is -2.82. The SMILES string of the molecule is COc1ccc(CNC(=O)Cc2ccccc2C)cc1C(=O)O. The molecule has 2 rings (SSSR count). The third kappa shape index (κ3) is 4.32. The molecular weight excluding hydrogens is 294 g/mol. The lowest BCUT2D eigenvalue weighted by molar-refractivity contribution is -0.120. The summed E-state index contributed by atoms with van der Waals surface area (Å²) in [5, 5.41) is 12.0. The van der Waals surface area contributed by atoms with Gasteiger partial charge in [0, 0.05) is 6.54 Å². The van der Waals surface area contributed by atoms with Gasteiger partial charge in [0.2, 0.25) is 5.91 Å². The third-order valence-electron chi connectivity index (χ3n) is 3.60. The number of methoxy groups -OCH3 is 1. The van der Waals surface area contributed by atoms with Crippen molar-refractivity contribution < 1.29 is 19.4 Å². The van der Waals surface area contributed by atoms with Gasteiger partial charge in [-0.1, -0.05) is 30.3 Å². The molecule has 0 heterocycles. The summed E-state index contributed by atoms with van der Waals surface area (Å²) in [6.45, 7) is 2.24. The lowest BCUT2D eigenvalue weighted by Gasteiger charge is -2.10. The Morgan fingerprint density at radius 2 is 1.91 bits per heavy atom. The van der Waals surface area contributed by atoms with Crippen LogP contribution in [0.2, 0.25) is 0 Å². The lowest BCUT2D eigenvalue weighted by Crippen LogP contribution is -2.25. The number of hydrogen-bond acceptors (Lipinski definition) is 3. The van der Waals surface area contributed by atoms with E-state index in [2.05, 4.69) is 5.32 Å². The molecule has 0 aliphatic rings. The molecule has 5 nitrogen and oxygen atoms in total. The second-order valence-corrected chi connectivity index (χ2v) is 5.22. The largest absolute Gasteiger partial charge is 0.496 e. The van der Waals surface area contributed by atoms with E-state index in [4.69, 9.17) is 9.84 Å². The molecule has 0 radical (unpaired) electrons. The number of carbonyl (C=O) groups is 2. The van der Waals surface area contributed by atoms with Crippen LogP contribution in [0.15, 0.2) is 42.5 Å². The number of amides is 1. The first kappa shape index (κ1) is 16.5. The van der Waals surface area contributed by atoms with Gasteiger partial charge in [-0.15, -0.1) is 0 Å². The van der Waals surface area contributed by atoms with Crippen molar-refractivity contribution in [3.05, 3.63) is 64.7 Å². The molecule has 0 bridgehead atoms. The van der Waals surface area contributed by atoms with Crippen LogP contribution in [-0.2, 0) is 17.8 Å². The van der Waals surface area contributed by atoms with Crippen molar-refractivity contribution in [1.29, 1.82) is 0 Å². The summed E-state index contributed by atoms with van der Waals surface area (Å²) in [6.07, 6.45) is 0.300. The summed E-state index contributed by atoms with van der Waals surface area (Å²) in [4.78, 5) is 23.2. The fourth-order valence-corrected chi connectivity index (χ4v) is 2.28. The quantitative estimate of drug-likeness (QED) is 0.859. The number of rotatable bonds is 6. The third-order valence-corrected chi connectivity index (χ3v) is 3.60. The van der Waals surface area contributed by atoms with Gasteiger partial charge >= 0.3 is 5.97 Å². The highest BCUT2D eigenvalue weighted by atomic mass is 16.5. The zero-order valence-corrected chi connectivity index (χ0v) is 13.1. The average molecular weight is 313 g/mol. The van der Waals surface area contributed by atoms with Crippen molar-refractivity contribution >= 4 is 11.9 Å². The maximum atomic E-state index is 12.0. The molecule has 2 aromatic rings. The van der Waals surface area contributed by atoms with E-state index in [1.54, 1.807) is 12.1 Å². The maximum absolute atomic E-state index is 12.0. The fourth-order valence-electron chi connectivity index (χ4n) is 2.28. The van der Waals surface area contributed by atoms with Gasteiger partial charge in [-0.25, -0.2) is 4.79 Å². The van der Waals surface area contributed by atoms with Crippen LogP contribution >= 0.6 is 0 Å². The number of ether oxygens (including phenoxy) is 1. The van der Waals surface area contributed by atoms with E-state index in [0.717, 1.165) is 11.1 Å². The van der Waals surface area contributed by atoms with Crippen molar-refractivity contribution in [2.75, 3.05) is 7.11 Å². The van der Waals surface area contributed by atoms with Gasteiger partial charge in [0.25, 0.3) is 0 Å². The minimum atomic E-state index is -1.06. The van der Waals surface area contributed by atoms with Gasteiger partial charge in [0.05, 0.1) is 13.5 Å². The van der Waals surface area contributed by atoms with E-state index in [0.29, 0.717) is 17.7 Å². The van der Waals surface area contributed by atoms with Gasteiger partial charge in [-0.2, -0.15) is 0 Å². The van der Waals surface area contributed by atoms with Crippen molar-refractivity contribution in [2.45, 2.75) is 19.9 Å². The molecule has 120 valence electrons. The van der Waals surface area contributed by atoms with Crippen molar-refractivity contribution in [1.82, 2.24) is 5.32 Å². The number of carboxylic acids is 1. The Bertz CT molecular complexity index is 725. The summed E-state index contributed by atoms with van der Waals surface area (Å²) in [6, 6.07) is 12.6. The number of hydrogen-bond donors (Lipinski definition) is 2. The molecule has 0 aliphatic heterocycles. The highest BCUT2D eigenvalue weighted by molar-refractivity contribution is 5.91. The molecule has 0 aromatic heterocycles. The molecule has 0 saturated heterocycles. The van der Waals surface area contributed by atoms with E-state index < -0.39 is 5.97 Å². The predicted molar refractivity (Wildman–Crippen MR) is 86.7 cm³/mol. The van der Waals surface area contributed by atoms with Crippen LogP contribution in [0, 0.1) is 6.92 Å². The zero-order valence-electron chi connectivity index (χ0n) is 13.1. The Morgan fingerprint density at radius 1 is 1.17 bits per heavy atom. The summed E-state index contributed by atoms with van der Waals surface area (Å²) < 4.78 is 5.01. The summed E-state index contributed by atoms with van der Waals surface area (Å²) in [5.74, 6) is -0.866. The molecule has 0 atom stereocenters. The number of carboxylic acid groups (broad SMARTS) is 1. The number of nitrogens with one attached hydrogen (secondary N) is 1. The Morgan fingerprint density at radius 3 is 2.57 bits per heavy atom. The van der Waals surface area contributed by atoms with E-state index in [1.807, 2.05) is 31.2 Å². The van der Waals surface area contributed by atoms with Gasteiger partial charge < -0.3 is 15.2 Å². The monoisotopic (exact) mass is 313 g/mol. The number of benzene rings is 2. The molecule has 2 N–H and O–H groups in total. The van der Waals surface area contributed by atoms with Gasteiger partial charge in [-0.05, 0) is 35.7 Å². The number of aromatic carboxylic acids is 1. The highest BCUT2D eigenvalue weighted by Gasteiger charge is 2.12. The molecule has 5 heteroatoms. The van der Waals surface area contributed by atoms with Crippen LogP contribution in [-0.4, -0.2) is 24.1 Å². The van der Waals surface area contributed by atoms with Crippen LogP contribution in [0.4, 0.5) is 0 Å². The van der Waals surface area contributed by atoms with E-state index in [-0.39, 0.29) is 18.0 Å². The smallest absolute Gasteiger partial charge is 0.339 e. The van der Waals surface area contributed by atoms with Gasteiger partial charge in [0.1, 0.15) is 11.3 Å². The van der Waals surface area contributed by atoms with Crippen LogP contribution < -0.4 is 10.1 Å². The molecule has 0 spiro atoms.